The Bertz CT molecular complexity index is 1010. The van der Waals surface area contributed by atoms with Crippen LogP contribution < -0.4 is 10.1 Å². The number of nitrogens with zero attached hydrogens (tertiary/aromatic N) is 3. The van der Waals surface area contributed by atoms with E-state index in [1.54, 1.807) is 18.4 Å². The van der Waals surface area contributed by atoms with Crippen molar-refractivity contribution in [1.29, 1.82) is 0 Å². The number of likely N-dealkylation sites (N-methyl/N-ethyl adjacent to an activating group) is 1. The summed E-state index contributed by atoms with van der Waals surface area (Å²) in [6.45, 7) is 5.70. The van der Waals surface area contributed by atoms with Gasteiger partial charge in [0.2, 0.25) is 11.8 Å². The summed E-state index contributed by atoms with van der Waals surface area (Å²) in [4.78, 5) is 36.2. The molecule has 0 saturated heterocycles. The fourth-order valence-corrected chi connectivity index (χ4v) is 3.63. The number of benzene rings is 1. The molecule has 0 aliphatic rings. The number of carbonyl (C=O) groups excluding carboxylic acids is 2. The topological polar surface area (TPSA) is 84.4 Å². The quantitative estimate of drug-likeness (QED) is 0.690. The molecule has 3 rings (SSSR count). The normalized spacial score (nSPS) is 10.7. The highest BCUT2D eigenvalue weighted by molar-refractivity contribution is 7.18. The van der Waals surface area contributed by atoms with Gasteiger partial charge in [-0.1, -0.05) is 17.7 Å². The van der Waals surface area contributed by atoms with Gasteiger partial charge in [0.1, 0.15) is 11.2 Å². The Labute approximate surface area is 167 Å². The van der Waals surface area contributed by atoms with Crippen LogP contribution in [-0.2, 0) is 9.59 Å². The van der Waals surface area contributed by atoms with Crippen molar-refractivity contribution in [1.82, 2.24) is 14.9 Å². The summed E-state index contributed by atoms with van der Waals surface area (Å²) in [6.07, 6.45) is 1.43. The Hall–Kier alpha value is -3.00. The van der Waals surface area contributed by atoms with Crippen LogP contribution in [0, 0.1) is 20.8 Å². The predicted molar refractivity (Wildman–Crippen MR) is 110 cm³/mol. The molecular formula is C20H22N4O3S. The number of nitrogens with one attached hydrogen (secondary N) is 1. The average molecular weight is 398 g/mol. The fourth-order valence-electron chi connectivity index (χ4n) is 2.64. The number of hydrogen-bond donors (Lipinski definition) is 1. The van der Waals surface area contributed by atoms with Crippen LogP contribution in [-0.4, -0.2) is 46.9 Å². The molecular weight excluding hydrogens is 376 g/mol. The van der Waals surface area contributed by atoms with Gasteiger partial charge in [0.15, 0.2) is 6.61 Å². The Morgan fingerprint density at radius 1 is 1.14 bits per heavy atom. The van der Waals surface area contributed by atoms with Gasteiger partial charge in [0.05, 0.1) is 11.9 Å². The minimum atomic E-state index is -0.310. The van der Waals surface area contributed by atoms with E-state index in [4.69, 9.17) is 4.74 Å². The Balaban J connectivity index is 1.57. The molecule has 0 saturated carbocycles. The second-order valence-corrected chi connectivity index (χ2v) is 7.80. The summed E-state index contributed by atoms with van der Waals surface area (Å²) < 4.78 is 5.64. The number of ether oxygens (including phenoxy) is 1. The minimum absolute atomic E-state index is 0.0636. The van der Waals surface area contributed by atoms with Crippen molar-refractivity contribution in [2.75, 3.05) is 25.5 Å². The summed E-state index contributed by atoms with van der Waals surface area (Å²) in [5.74, 6) is -0.193. The molecule has 0 bridgehead atoms. The average Bonchev–Trinajstić information content (AvgIpc) is 2.96. The first-order valence-electron chi connectivity index (χ1n) is 8.79. The van der Waals surface area contributed by atoms with E-state index < -0.39 is 0 Å². The highest BCUT2D eigenvalue weighted by Gasteiger charge is 2.17. The van der Waals surface area contributed by atoms with Crippen LogP contribution >= 0.6 is 11.3 Å². The number of aromatic nitrogens is 2. The van der Waals surface area contributed by atoms with Crippen molar-refractivity contribution in [3.8, 4) is 5.88 Å². The van der Waals surface area contributed by atoms with E-state index in [0.29, 0.717) is 11.6 Å². The van der Waals surface area contributed by atoms with E-state index in [1.165, 1.54) is 11.2 Å². The van der Waals surface area contributed by atoms with Crippen LogP contribution in [0.2, 0.25) is 0 Å². The van der Waals surface area contributed by atoms with Gasteiger partial charge >= 0.3 is 0 Å². The van der Waals surface area contributed by atoms with Crippen molar-refractivity contribution in [3.05, 3.63) is 46.6 Å². The molecule has 0 fully saturated rings. The van der Waals surface area contributed by atoms with E-state index >= 15 is 0 Å². The third kappa shape index (κ3) is 4.45. The molecule has 2 heterocycles. The maximum atomic E-state index is 12.4. The molecule has 146 valence electrons. The lowest BCUT2D eigenvalue weighted by molar-refractivity contribution is -0.135. The number of hydrogen-bond acceptors (Lipinski definition) is 6. The SMILES string of the molecule is Cc1ccc(NC(=O)CN(C)C(=O)COc2ncnc3sc(C)c(C)c23)cc1. The number of thiophene rings is 1. The number of amides is 2. The zero-order valence-electron chi connectivity index (χ0n) is 16.3. The second-order valence-electron chi connectivity index (χ2n) is 6.59. The zero-order chi connectivity index (χ0) is 20.3. The maximum Gasteiger partial charge on any atom is 0.260 e. The monoisotopic (exact) mass is 398 g/mol. The van der Waals surface area contributed by atoms with E-state index in [9.17, 15) is 9.59 Å². The Kier molecular flexibility index (Phi) is 5.89. The summed E-state index contributed by atoms with van der Waals surface area (Å²) in [6, 6.07) is 7.47. The Morgan fingerprint density at radius 2 is 1.86 bits per heavy atom. The predicted octanol–water partition coefficient (Wildman–Crippen LogP) is 3.09. The van der Waals surface area contributed by atoms with E-state index in [1.807, 2.05) is 45.0 Å². The maximum absolute atomic E-state index is 12.4. The first-order valence-corrected chi connectivity index (χ1v) is 9.60. The molecule has 0 aliphatic carbocycles. The highest BCUT2D eigenvalue weighted by atomic mass is 32.1. The largest absolute Gasteiger partial charge is 0.467 e. The third-order valence-corrected chi connectivity index (χ3v) is 5.52. The first-order chi connectivity index (χ1) is 13.3. The number of aryl methyl sites for hydroxylation is 3. The van der Waals surface area contributed by atoms with E-state index in [0.717, 1.165) is 26.2 Å². The van der Waals surface area contributed by atoms with Crippen LogP contribution in [0.25, 0.3) is 10.2 Å². The van der Waals surface area contributed by atoms with Crippen molar-refractivity contribution in [2.45, 2.75) is 20.8 Å². The van der Waals surface area contributed by atoms with Crippen molar-refractivity contribution in [3.63, 3.8) is 0 Å². The first kappa shape index (κ1) is 19.8. The minimum Gasteiger partial charge on any atom is -0.467 e. The fraction of sp³-hybridized carbons (Fsp3) is 0.300. The molecule has 1 aromatic carbocycles. The van der Waals surface area contributed by atoms with Crippen LogP contribution in [0.4, 0.5) is 5.69 Å². The van der Waals surface area contributed by atoms with Gasteiger partial charge in [0, 0.05) is 17.6 Å². The molecule has 2 amide bonds. The van der Waals surface area contributed by atoms with Gasteiger partial charge in [-0.25, -0.2) is 9.97 Å². The summed E-state index contributed by atoms with van der Waals surface area (Å²) in [5, 5.41) is 3.60. The molecule has 0 radical (unpaired) electrons. The highest BCUT2D eigenvalue weighted by Crippen LogP contribution is 2.33. The Morgan fingerprint density at radius 3 is 2.57 bits per heavy atom. The van der Waals surface area contributed by atoms with E-state index in [-0.39, 0.29) is 25.0 Å². The molecule has 28 heavy (non-hydrogen) atoms. The van der Waals surface area contributed by atoms with Gasteiger partial charge < -0.3 is 15.0 Å². The lowest BCUT2D eigenvalue weighted by Gasteiger charge is -2.17. The molecule has 0 aliphatic heterocycles. The lowest BCUT2D eigenvalue weighted by Crippen LogP contribution is -2.37. The number of fused-ring (bicyclic) bond motifs is 1. The van der Waals surface area contributed by atoms with Crippen molar-refractivity contribution < 1.29 is 14.3 Å². The number of rotatable bonds is 6. The smallest absolute Gasteiger partial charge is 0.260 e. The molecule has 0 spiro atoms. The van der Waals surface area contributed by atoms with Crippen LogP contribution in [0.5, 0.6) is 5.88 Å². The van der Waals surface area contributed by atoms with Crippen LogP contribution in [0.15, 0.2) is 30.6 Å². The second kappa shape index (κ2) is 8.35. The molecule has 0 atom stereocenters. The van der Waals surface area contributed by atoms with Gasteiger partial charge in [0.25, 0.3) is 5.91 Å². The summed E-state index contributed by atoms with van der Waals surface area (Å²) in [5.41, 5.74) is 2.85. The summed E-state index contributed by atoms with van der Waals surface area (Å²) in [7, 11) is 1.57. The van der Waals surface area contributed by atoms with Gasteiger partial charge in [-0.3, -0.25) is 9.59 Å². The number of anilines is 1. The molecule has 1 N–H and O–H groups in total. The van der Waals surface area contributed by atoms with Gasteiger partial charge in [-0.2, -0.15) is 0 Å². The standard InChI is InChI=1S/C20H22N4O3S/c1-12-5-7-15(8-6-12)23-16(25)9-24(4)17(26)10-27-19-18-13(2)14(3)28-20(18)22-11-21-19/h5-8,11H,9-10H2,1-4H3,(H,23,25). The van der Waals surface area contributed by atoms with Crippen LogP contribution in [0.1, 0.15) is 16.0 Å². The molecule has 2 aromatic heterocycles. The van der Waals surface area contributed by atoms with Gasteiger partial charge in [-0.05, 0) is 38.5 Å². The van der Waals surface area contributed by atoms with Gasteiger partial charge in [-0.15, -0.1) is 11.3 Å². The van der Waals surface area contributed by atoms with E-state index in [2.05, 4.69) is 15.3 Å². The molecule has 7 nitrogen and oxygen atoms in total. The summed E-state index contributed by atoms with van der Waals surface area (Å²) >= 11 is 1.56. The van der Waals surface area contributed by atoms with Crippen LogP contribution in [0.3, 0.4) is 0 Å². The molecule has 0 unspecified atom stereocenters. The zero-order valence-corrected chi connectivity index (χ0v) is 17.1. The number of carbonyl (C=O) groups is 2. The lowest BCUT2D eigenvalue weighted by atomic mass is 10.2. The molecule has 3 aromatic rings. The van der Waals surface area contributed by atoms with Crippen molar-refractivity contribution >= 4 is 39.1 Å². The third-order valence-electron chi connectivity index (χ3n) is 4.40. The molecule has 8 heteroatoms. The van der Waals surface area contributed by atoms with Crippen molar-refractivity contribution in [2.24, 2.45) is 0 Å².